The maximum Gasteiger partial charge on any atom is 0.573 e. The minimum absolute atomic E-state index is 0.108. The van der Waals surface area contributed by atoms with E-state index in [1.165, 1.54) is 12.1 Å². The van der Waals surface area contributed by atoms with Crippen LogP contribution in [0.3, 0.4) is 0 Å². The molecule has 0 atom stereocenters. The Kier molecular flexibility index (Phi) is 9.90. The summed E-state index contributed by atoms with van der Waals surface area (Å²) in [6.07, 6.45) is 1.14. The summed E-state index contributed by atoms with van der Waals surface area (Å²) in [5.74, 6) is -5.02. The third-order valence-corrected chi connectivity index (χ3v) is 8.14. The van der Waals surface area contributed by atoms with Crippen LogP contribution in [0.2, 0.25) is 0 Å². The molecule has 2 aliphatic carbocycles. The van der Waals surface area contributed by atoms with Crippen molar-refractivity contribution in [2.24, 2.45) is 17.8 Å². The number of rotatable bonds is 9. The highest BCUT2D eigenvalue weighted by Crippen LogP contribution is 2.42. The number of benzene rings is 2. The van der Waals surface area contributed by atoms with E-state index in [1.807, 2.05) is 6.92 Å². The van der Waals surface area contributed by atoms with Crippen LogP contribution < -0.4 is 9.47 Å². The Balaban J connectivity index is 1.24. The van der Waals surface area contributed by atoms with Gasteiger partial charge in [0.25, 0.3) is 0 Å². The molecule has 2 aliphatic rings. The molecule has 0 spiro atoms. The van der Waals surface area contributed by atoms with Gasteiger partial charge in [-0.15, -0.1) is 13.2 Å². The van der Waals surface area contributed by atoms with Crippen molar-refractivity contribution in [3.05, 3.63) is 71.1 Å². The second-order valence-corrected chi connectivity index (χ2v) is 11.1. The molecule has 41 heavy (non-hydrogen) atoms. The first-order chi connectivity index (χ1) is 19.3. The lowest BCUT2D eigenvalue weighted by Gasteiger charge is -2.33. The molecular weight excluding hydrogens is 556 g/mol. The second-order valence-electron chi connectivity index (χ2n) is 11.1. The van der Waals surface area contributed by atoms with E-state index < -0.39 is 47.3 Å². The van der Waals surface area contributed by atoms with Crippen molar-refractivity contribution in [2.75, 3.05) is 0 Å². The Morgan fingerprint density at radius 1 is 0.732 bits per heavy atom. The molecule has 0 aromatic heterocycles. The first-order valence-electron chi connectivity index (χ1n) is 14.1. The van der Waals surface area contributed by atoms with E-state index in [2.05, 4.69) is 16.9 Å². The SMILES string of the molecule is CCCc1cc(F)c(C2CCC(/C=C/C3CCC(C(F)(F)Oc4ccc(OC(F)(F)F)c(F)c4)CC3)CC2)c(F)c1. The molecule has 2 fully saturated rings. The molecule has 2 aromatic carbocycles. The number of hydrogen-bond acceptors (Lipinski definition) is 2. The predicted molar refractivity (Wildman–Crippen MR) is 138 cm³/mol. The summed E-state index contributed by atoms with van der Waals surface area (Å²) in [4.78, 5) is 0. The fraction of sp³-hybridized carbons (Fsp3) is 0.548. The molecule has 0 radical (unpaired) electrons. The fourth-order valence-corrected chi connectivity index (χ4v) is 6.02. The monoisotopic (exact) mass is 590 g/mol. The van der Waals surface area contributed by atoms with Crippen molar-refractivity contribution < 1.29 is 44.6 Å². The smallest absolute Gasteiger partial charge is 0.432 e. The van der Waals surface area contributed by atoms with Crippen LogP contribution in [0.4, 0.5) is 35.1 Å². The van der Waals surface area contributed by atoms with Gasteiger partial charge in [0.05, 0.1) is 5.92 Å². The van der Waals surface area contributed by atoms with Crippen molar-refractivity contribution in [3.63, 3.8) is 0 Å². The summed E-state index contributed by atoms with van der Waals surface area (Å²) >= 11 is 0. The highest BCUT2D eigenvalue weighted by Gasteiger charge is 2.44. The lowest BCUT2D eigenvalue weighted by atomic mass is 9.76. The number of alkyl halides is 5. The second kappa shape index (κ2) is 13.0. The summed E-state index contributed by atoms with van der Waals surface area (Å²) in [6.45, 7) is 1.96. The summed E-state index contributed by atoms with van der Waals surface area (Å²) < 4.78 is 118. The van der Waals surface area contributed by atoms with Gasteiger partial charge in [-0.2, -0.15) is 8.78 Å². The Hall–Kier alpha value is -2.78. The van der Waals surface area contributed by atoms with Gasteiger partial charge < -0.3 is 9.47 Å². The van der Waals surface area contributed by atoms with E-state index in [1.54, 1.807) is 0 Å². The van der Waals surface area contributed by atoms with E-state index >= 15 is 0 Å². The number of halogens is 8. The largest absolute Gasteiger partial charge is 0.573 e. The molecule has 0 aliphatic heterocycles. The summed E-state index contributed by atoms with van der Waals surface area (Å²) in [5, 5.41) is 0. The molecule has 0 heterocycles. The van der Waals surface area contributed by atoms with Crippen molar-refractivity contribution in [1.82, 2.24) is 0 Å². The molecule has 0 unspecified atom stereocenters. The number of ether oxygens (including phenoxy) is 2. The van der Waals surface area contributed by atoms with Crippen LogP contribution in [0.1, 0.15) is 81.8 Å². The Labute approximate surface area is 234 Å². The number of aryl methyl sites for hydroxylation is 1. The van der Waals surface area contributed by atoms with Gasteiger partial charge in [-0.1, -0.05) is 25.5 Å². The van der Waals surface area contributed by atoms with Crippen LogP contribution in [0.5, 0.6) is 11.5 Å². The zero-order valence-electron chi connectivity index (χ0n) is 22.8. The summed E-state index contributed by atoms with van der Waals surface area (Å²) in [5.41, 5.74) is 0.853. The Morgan fingerprint density at radius 2 is 1.29 bits per heavy atom. The maximum absolute atomic E-state index is 14.8. The first kappa shape index (κ1) is 31.2. The van der Waals surface area contributed by atoms with Crippen molar-refractivity contribution >= 4 is 0 Å². The zero-order valence-corrected chi connectivity index (χ0v) is 22.8. The average Bonchev–Trinajstić information content (AvgIpc) is 2.89. The minimum Gasteiger partial charge on any atom is -0.432 e. The highest BCUT2D eigenvalue weighted by molar-refractivity contribution is 5.33. The topological polar surface area (TPSA) is 18.5 Å². The molecule has 4 rings (SSSR count). The summed E-state index contributed by atoms with van der Waals surface area (Å²) in [6, 6.07) is 4.74. The van der Waals surface area contributed by atoms with E-state index in [0.717, 1.165) is 25.3 Å². The zero-order chi connectivity index (χ0) is 29.8. The quantitative estimate of drug-likeness (QED) is 0.214. The van der Waals surface area contributed by atoms with E-state index in [-0.39, 0.29) is 36.2 Å². The lowest BCUT2D eigenvalue weighted by Crippen LogP contribution is -2.37. The van der Waals surface area contributed by atoms with Crippen LogP contribution >= 0.6 is 0 Å². The van der Waals surface area contributed by atoms with Crippen LogP contribution in [0.25, 0.3) is 0 Å². The van der Waals surface area contributed by atoms with Gasteiger partial charge in [0.2, 0.25) is 0 Å². The molecule has 226 valence electrons. The highest BCUT2D eigenvalue weighted by atomic mass is 19.4. The summed E-state index contributed by atoms with van der Waals surface area (Å²) in [7, 11) is 0. The third-order valence-electron chi connectivity index (χ3n) is 8.14. The van der Waals surface area contributed by atoms with Gasteiger partial charge in [-0.25, -0.2) is 13.2 Å². The standard InChI is InChI=1S/C31H34F8O2/c1-2-3-21-16-26(33)29(27(34)17-21)22-10-6-19(7-11-22)4-5-20-8-12-23(13-9-20)30(35,36)40-24-14-15-28(25(32)18-24)41-31(37,38)39/h4-5,14-20,22-23H,2-3,6-13H2,1H3/b5-4+. The number of allylic oxidation sites excluding steroid dienone is 2. The van der Waals surface area contributed by atoms with Crippen molar-refractivity contribution in [2.45, 2.75) is 89.5 Å². The molecule has 0 saturated heterocycles. The molecular formula is C31H34F8O2. The van der Waals surface area contributed by atoms with Crippen molar-refractivity contribution in [1.29, 1.82) is 0 Å². The van der Waals surface area contributed by atoms with E-state index in [0.29, 0.717) is 49.8 Å². The Morgan fingerprint density at radius 3 is 1.80 bits per heavy atom. The van der Waals surface area contributed by atoms with Gasteiger partial charge in [0.15, 0.2) is 11.6 Å². The van der Waals surface area contributed by atoms with Crippen LogP contribution in [0.15, 0.2) is 42.5 Å². The van der Waals surface area contributed by atoms with Gasteiger partial charge >= 0.3 is 12.5 Å². The van der Waals surface area contributed by atoms with Crippen LogP contribution in [-0.2, 0) is 6.42 Å². The van der Waals surface area contributed by atoms with Gasteiger partial charge in [0, 0.05) is 11.6 Å². The van der Waals surface area contributed by atoms with Gasteiger partial charge in [-0.3, -0.25) is 0 Å². The molecule has 10 heteroatoms. The maximum atomic E-state index is 14.8. The van der Waals surface area contributed by atoms with Gasteiger partial charge in [-0.05, 0) is 105 Å². The molecule has 0 amide bonds. The molecule has 2 aromatic rings. The Bertz CT molecular complexity index is 1170. The molecule has 2 saturated carbocycles. The number of hydrogen-bond donors (Lipinski definition) is 0. The van der Waals surface area contributed by atoms with Gasteiger partial charge in [0.1, 0.15) is 17.4 Å². The average molecular weight is 591 g/mol. The van der Waals surface area contributed by atoms with E-state index in [9.17, 15) is 35.1 Å². The normalized spacial score (nSPS) is 24.0. The predicted octanol–water partition coefficient (Wildman–Crippen LogP) is 10.3. The third kappa shape index (κ3) is 8.38. The van der Waals surface area contributed by atoms with Crippen LogP contribution in [-0.4, -0.2) is 12.5 Å². The molecule has 0 bridgehead atoms. The van der Waals surface area contributed by atoms with E-state index in [4.69, 9.17) is 4.74 Å². The molecule has 0 N–H and O–H groups in total. The lowest BCUT2D eigenvalue weighted by molar-refractivity contribution is -0.275. The fourth-order valence-electron chi connectivity index (χ4n) is 6.02. The van der Waals surface area contributed by atoms with Crippen LogP contribution in [0, 0.1) is 35.2 Å². The van der Waals surface area contributed by atoms with Crippen molar-refractivity contribution in [3.8, 4) is 11.5 Å². The minimum atomic E-state index is -5.11. The molecule has 2 nitrogen and oxygen atoms in total. The first-order valence-corrected chi connectivity index (χ1v) is 14.1.